The zero-order valence-electron chi connectivity index (χ0n) is 15.6. The number of fused-ring (bicyclic) bond motifs is 1. The van der Waals surface area contributed by atoms with Gasteiger partial charge in [-0.2, -0.15) is 4.21 Å². The summed E-state index contributed by atoms with van der Waals surface area (Å²) in [6.45, 7) is 4.97. The van der Waals surface area contributed by atoms with Gasteiger partial charge in [-0.1, -0.05) is 75.2 Å². The van der Waals surface area contributed by atoms with Crippen LogP contribution in [0.3, 0.4) is 0 Å². The Labute approximate surface area is 161 Å². The first-order valence-corrected chi connectivity index (χ1v) is 9.66. The lowest BCUT2D eigenvalue weighted by Crippen LogP contribution is -2.42. The average Bonchev–Trinajstić information content (AvgIpc) is 2.83. The lowest BCUT2D eigenvalue weighted by Gasteiger charge is -2.39. The van der Waals surface area contributed by atoms with Crippen LogP contribution in [0, 0.1) is 5.41 Å². The van der Waals surface area contributed by atoms with E-state index in [9.17, 15) is 5.11 Å². The van der Waals surface area contributed by atoms with Gasteiger partial charge in [0.2, 0.25) is 0 Å². The molecule has 0 unspecified atom stereocenters. The highest BCUT2D eigenvalue weighted by Gasteiger charge is 2.45. The van der Waals surface area contributed by atoms with E-state index in [0.717, 1.165) is 42.6 Å². The first-order chi connectivity index (χ1) is 12.7. The number of hydrogen-bond acceptors (Lipinski definition) is 4. The Balaban J connectivity index is 0.00000117. The summed E-state index contributed by atoms with van der Waals surface area (Å²) in [6.07, 6.45) is 3.73. The van der Waals surface area contributed by atoms with Gasteiger partial charge in [-0.3, -0.25) is 0 Å². The molecule has 3 rings (SSSR count). The monoisotopic (exact) mass is 372 g/mol. The van der Waals surface area contributed by atoms with Crippen LogP contribution in [0.25, 0.3) is 0 Å². The summed E-state index contributed by atoms with van der Waals surface area (Å²) in [6, 6.07) is 18.6. The molecule has 0 aliphatic carbocycles. The molecule has 140 valence electrons. The van der Waals surface area contributed by atoms with Crippen LogP contribution < -0.4 is 4.74 Å². The van der Waals surface area contributed by atoms with Crippen LogP contribution in [0.4, 0.5) is 0 Å². The lowest BCUT2D eigenvalue weighted by atomic mass is 9.69. The molecule has 3 nitrogen and oxygen atoms in total. The van der Waals surface area contributed by atoms with Gasteiger partial charge in [-0.05, 0) is 24.5 Å². The Bertz CT molecular complexity index is 676. The number of unbranched alkanes of at least 4 members (excludes halogenated alkanes) is 1. The summed E-state index contributed by atoms with van der Waals surface area (Å²) in [7, 11) is 0. The largest absolute Gasteiger partial charge is 0.493 e. The second-order valence-electron chi connectivity index (χ2n) is 6.98. The molecule has 4 heteroatoms. The minimum atomic E-state index is -0.444. The van der Waals surface area contributed by atoms with Gasteiger partial charge in [0.1, 0.15) is 5.75 Å². The van der Waals surface area contributed by atoms with Gasteiger partial charge in [0.05, 0.1) is 12.7 Å². The summed E-state index contributed by atoms with van der Waals surface area (Å²) < 4.78 is 14.0. The Kier molecular flexibility index (Phi) is 7.73. The zero-order valence-corrected chi connectivity index (χ0v) is 16.4. The summed E-state index contributed by atoms with van der Waals surface area (Å²) in [5, 5.41) is 11.5. The smallest absolute Gasteiger partial charge is 0.197 e. The summed E-state index contributed by atoms with van der Waals surface area (Å²) in [5.74, 6) is 0.874. The first-order valence-electron chi connectivity index (χ1n) is 9.33. The van der Waals surface area contributed by atoms with Crippen LogP contribution in [-0.2, 0) is 12.5 Å². The van der Waals surface area contributed by atoms with Crippen molar-refractivity contribution in [2.45, 2.75) is 51.6 Å². The van der Waals surface area contributed by atoms with Crippen molar-refractivity contribution < 1.29 is 14.1 Å². The van der Waals surface area contributed by atoms with Crippen molar-refractivity contribution in [3.05, 3.63) is 65.7 Å². The predicted octanol–water partition coefficient (Wildman–Crippen LogP) is 4.82. The van der Waals surface area contributed by atoms with Gasteiger partial charge in [-0.25, -0.2) is 0 Å². The van der Waals surface area contributed by atoms with Crippen molar-refractivity contribution in [3.8, 4) is 5.75 Å². The number of aliphatic hydroxyl groups is 1. The standard InChI is InChI=1S/C22H28O2.OS/c1-3-5-15-22(4-2)16-24-19-14-10-9-13-18(19)20(21(22)23)17-11-7-6-8-12-17;1-2/h6-14,20-21,23H,3-5,15-16H2,1-2H3;/t20-,21-,22-;/m1./s1. The van der Waals surface area contributed by atoms with Gasteiger partial charge in [-0.15, -0.1) is 0 Å². The number of aliphatic hydroxyl groups excluding tert-OH is 1. The maximum absolute atomic E-state index is 11.5. The third-order valence-electron chi connectivity index (χ3n) is 5.60. The number of para-hydroxylation sites is 1. The lowest BCUT2D eigenvalue weighted by molar-refractivity contribution is -0.0210. The summed E-state index contributed by atoms with van der Waals surface area (Å²) in [5.41, 5.74) is 2.07. The molecule has 0 radical (unpaired) electrons. The molecule has 0 bridgehead atoms. The number of benzene rings is 2. The van der Waals surface area contributed by atoms with Crippen molar-refractivity contribution in [2.75, 3.05) is 6.61 Å². The minimum Gasteiger partial charge on any atom is -0.493 e. The third-order valence-corrected chi connectivity index (χ3v) is 5.60. The molecule has 0 aromatic heterocycles. The Morgan fingerprint density at radius 3 is 2.38 bits per heavy atom. The van der Waals surface area contributed by atoms with E-state index in [1.165, 1.54) is 0 Å². The van der Waals surface area contributed by atoms with Gasteiger partial charge in [0, 0.05) is 16.9 Å². The molecule has 26 heavy (non-hydrogen) atoms. The molecule has 0 amide bonds. The van der Waals surface area contributed by atoms with Gasteiger partial charge < -0.3 is 9.84 Å². The van der Waals surface area contributed by atoms with Gasteiger partial charge in [0.25, 0.3) is 0 Å². The van der Waals surface area contributed by atoms with Crippen molar-refractivity contribution in [1.82, 2.24) is 0 Å². The van der Waals surface area contributed by atoms with E-state index in [2.05, 4.69) is 56.7 Å². The van der Waals surface area contributed by atoms with E-state index in [1.807, 2.05) is 24.3 Å². The van der Waals surface area contributed by atoms with Crippen molar-refractivity contribution in [3.63, 3.8) is 0 Å². The Hall–Kier alpha value is -1.78. The molecule has 0 fully saturated rings. The SMILES string of the molecule is CCCC[C@]1(CC)COc2ccccc2[C@@H](c2ccccc2)[C@H]1O.O=S. The fraction of sp³-hybridized carbons (Fsp3) is 0.455. The molecule has 1 aliphatic rings. The molecule has 0 spiro atoms. The van der Waals surface area contributed by atoms with E-state index < -0.39 is 6.10 Å². The molecular weight excluding hydrogens is 344 g/mol. The number of rotatable bonds is 5. The second-order valence-corrected chi connectivity index (χ2v) is 6.98. The normalized spacial score (nSPS) is 24.4. The molecule has 1 heterocycles. The minimum absolute atomic E-state index is 0.0401. The Morgan fingerprint density at radius 1 is 1.08 bits per heavy atom. The Morgan fingerprint density at radius 2 is 1.73 bits per heavy atom. The van der Waals surface area contributed by atoms with E-state index in [-0.39, 0.29) is 11.3 Å². The van der Waals surface area contributed by atoms with Crippen molar-refractivity contribution in [1.29, 1.82) is 0 Å². The number of ether oxygens (including phenoxy) is 1. The van der Waals surface area contributed by atoms with Gasteiger partial charge >= 0.3 is 0 Å². The zero-order chi connectivity index (χ0) is 19.0. The predicted molar refractivity (Wildman–Crippen MR) is 107 cm³/mol. The highest BCUT2D eigenvalue weighted by Crippen LogP contribution is 2.47. The molecule has 0 saturated carbocycles. The molecular formula is C22H28O3S. The fourth-order valence-corrected chi connectivity index (χ4v) is 3.96. The molecule has 2 aromatic rings. The van der Waals surface area contributed by atoms with Crippen molar-refractivity contribution in [2.24, 2.45) is 5.41 Å². The topological polar surface area (TPSA) is 46.5 Å². The van der Waals surface area contributed by atoms with Crippen LogP contribution in [-0.4, -0.2) is 22.0 Å². The summed E-state index contributed by atoms with van der Waals surface area (Å²) >= 11 is 2.83. The van der Waals surface area contributed by atoms with E-state index >= 15 is 0 Å². The van der Waals surface area contributed by atoms with Gasteiger partial charge in [0.15, 0.2) is 12.5 Å². The molecule has 1 N–H and O–H groups in total. The molecule has 0 saturated heterocycles. The maximum atomic E-state index is 11.5. The highest BCUT2D eigenvalue weighted by molar-refractivity contribution is 7.44. The summed E-state index contributed by atoms with van der Waals surface area (Å²) in [4.78, 5) is 0. The van der Waals surface area contributed by atoms with Crippen molar-refractivity contribution >= 4 is 12.5 Å². The average molecular weight is 373 g/mol. The molecule has 1 aliphatic heterocycles. The first kappa shape index (κ1) is 20.5. The third kappa shape index (κ3) is 4.13. The number of hydrogen-bond donors (Lipinski definition) is 1. The van der Waals surface area contributed by atoms with Crippen LogP contribution in [0.2, 0.25) is 0 Å². The van der Waals surface area contributed by atoms with Crippen LogP contribution >= 0.6 is 0 Å². The quantitative estimate of drug-likeness (QED) is 0.817. The maximum Gasteiger partial charge on any atom is 0.197 e. The fourth-order valence-electron chi connectivity index (χ4n) is 3.96. The van der Waals surface area contributed by atoms with E-state index in [1.54, 1.807) is 0 Å². The second kappa shape index (κ2) is 9.79. The highest BCUT2D eigenvalue weighted by atomic mass is 32.1. The molecule has 3 atom stereocenters. The van der Waals surface area contributed by atoms with Crippen LogP contribution in [0.5, 0.6) is 5.75 Å². The molecule has 2 aromatic carbocycles. The van der Waals surface area contributed by atoms with E-state index in [0.29, 0.717) is 6.61 Å². The van der Waals surface area contributed by atoms with E-state index in [4.69, 9.17) is 8.95 Å². The van der Waals surface area contributed by atoms with Crippen LogP contribution in [0.15, 0.2) is 54.6 Å². The van der Waals surface area contributed by atoms with Crippen LogP contribution in [0.1, 0.15) is 56.6 Å².